The fourth-order valence-electron chi connectivity index (χ4n) is 4.42. The van der Waals surface area contributed by atoms with Gasteiger partial charge in [-0.25, -0.2) is 4.98 Å². The summed E-state index contributed by atoms with van der Waals surface area (Å²) in [6.45, 7) is 7.35. The molecule has 3 N–H and O–H groups in total. The Kier molecular flexibility index (Phi) is 6.06. The highest BCUT2D eigenvalue weighted by Gasteiger charge is 2.32. The van der Waals surface area contributed by atoms with E-state index in [1.165, 1.54) is 6.42 Å². The molecule has 2 aliphatic rings. The molecule has 3 heterocycles. The number of carbonyl (C=O) groups excluding carboxylic acids is 2. The molecule has 2 aliphatic heterocycles. The smallest absolute Gasteiger partial charge is 0.257 e. The fraction of sp³-hybridized carbons (Fsp3) is 0.478. The minimum atomic E-state index is -0.156. The van der Waals surface area contributed by atoms with Gasteiger partial charge < -0.3 is 20.9 Å². The second-order valence-electron chi connectivity index (χ2n) is 8.37. The Hall–Kier alpha value is -3.16. The molecular formula is C23H30N6O2. The van der Waals surface area contributed by atoms with E-state index in [0.717, 1.165) is 29.8 Å². The van der Waals surface area contributed by atoms with Crippen molar-refractivity contribution in [2.75, 3.05) is 16.8 Å². The summed E-state index contributed by atoms with van der Waals surface area (Å²) < 4.78 is 0. The van der Waals surface area contributed by atoms with Crippen molar-refractivity contribution in [3.63, 3.8) is 0 Å². The van der Waals surface area contributed by atoms with Crippen LogP contribution in [0.1, 0.15) is 61.6 Å². The molecule has 0 bridgehead atoms. The number of hydrogen-bond acceptors (Lipinski definition) is 6. The van der Waals surface area contributed by atoms with Gasteiger partial charge in [-0.3, -0.25) is 9.59 Å². The number of nitrogens with zero attached hydrogens (tertiary/aromatic N) is 3. The minimum absolute atomic E-state index is 0.00270. The zero-order chi connectivity index (χ0) is 22.0. The van der Waals surface area contributed by atoms with Crippen LogP contribution in [0.25, 0.3) is 0 Å². The van der Waals surface area contributed by atoms with Gasteiger partial charge in [-0.15, -0.1) is 0 Å². The summed E-state index contributed by atoms with van der Waals surface area (Å²) in [5, 5.41) is 8.98. The van der Waals surface area contributed by atoms with Gasteiger partial charge in [0.1, 0.15) is 11.4 Å². The van der Waals surface area contributed by atoms with Crippen LogP contribution < -0.4 is 20.9 Å². The Morgan fingerprint density at radius 2 is 1.87 bits per heavy atom. The first-order valence-electron chi connectivity index (χ1n) is 11.1. The van der Waals surface area contributed by atoms with Crippen LogP contribution in [0.2, 0.25) is 0 Å². The van der Waals surface area contributed by atoms with Crippen molar-refractivity contribution in [2.24, 2.45) is 0 Å². The van der Waals surface area contributed by atoms with Crippen molar-refractivity contribution in [1.29, 1.82) is 0 Å². The van der Waals surface area contributed by atoms with Crippen molar-refractivity contribution in [3.8, 4) is 0 Å². The molecule has 1 aromatic carbocycles. The number of piperidine rings is 1. The van der Waals surface area contributed by atoms with E-state index in [1.807, 2.05) is 31.2 Å². The van der Waals surface area contributed by atoms with E-state index in [9.17, 15) is 9.59 Å². The summed E-state index contributed by atoms with van der Waals surface area (Å²) in [4.78, 5) is 36.0. The topological polar surface area (TPSA) is 99.2 Å². The van der Waals surface area contributed by atoms with Gasteiger partial charge in [-0.2, -0.15) is 4.98 Å². The zero-order valence-corrected chi connectivity index (χ0v) is 18.4. The monoisotopic (exact) mass is 422 g/mol. The van der Waals surface area contributed by atoms with E-state index >= 15 is 0 Å². The number of nitrogens with one attached hydrogen (secondary N) is 3. The number of anilines is 3. The van der Waals surface area contributed by atoms with Crippen molar-refractivity contribution >= 4 is 29.3 Å². The third-order valence-electron chi connectivity index (χ3n) is 6.00. The summed E-state index contributed by atoms with van der Waals surface area (Å²) in [6, 6.07) is 8.34. The van der Waals surface area contributed by atoms with Crippen LogP contribution in [0, 0.1) is 0 Å². The van der Waals surface area contributed by atoms with Crippen molar-refractivity contribution < 1.29 is 9.59 Å². The van der Waals surface area contributed by atoms with Crippen LogP contribution in [-0.2, 0) is 17.8 Å². The largest absolute Gasteiger partial charge is 0.356 e. The molecule has 4 rings (SSSR count). The Morgan fingerprint density at radius 1 is 1.16 bits per heavy atom. The zero-order valence-electron chi connectivity index (χ0n) is 18.4. The van der Waals surface area contributed by atoms with Crippen LogP contribution >= 0.6 is 0 Å². The molecule has 8 nitrogen and oxygen atoms in total. The third-order valence-corrected chi connectivity index (χ3v) is 6.00. The highest BCUT2D eigenvalue weighted by atomic mass is 16.2. The van der Waals surface area contributed by atoms with Crippen LogP contribution in [0.15, 0.2) is 24.3 Å². The number of benzene rings is 1. The van der Waals surface area contributed by atoms with Crippen LogP contribution in [0.4, 0.5) is 17.5 Å². The lowest BCUT2D eigenvalue weighted by atomic mass is 9.98. The van der Waals surface area contributed by atoms with E-state index in [2.05, 4.69) is 34.7 Å². The quantitative estimate of drug-likeness (QED) is 0.662. The first-order chi connectivity index (χ1) is 15.0. The van der Waals surface area contributed by atoms with E-state index in [4.69, 9.17) is 9.97 Å². The lowest BCUT2D eigenvalue weighted by Gasteiger charge is -2.39. The highest BCUT2D eigenvalue weighted by molar-refractivity contribution is 6.02. The average molecular weight is 423 g/mol. The van der Waals surface area contributed by atoms with Crippen LogP contribution in [0.5, 0.6) is 0 Å². The molecule has 31 heavy (non-hydrogen) atoms. The van der Waals surface area contributed by atoms with Gasteiger partial charge in [0.25, 0.3) is 5.91 Å². The Labute approximate surface area is 182 Å². The van der Waals surface area contributed by atoms with Crippen molar-refractivity contribution in [3.05, 3.63) is 41.1 Å². The fourth-order valence-corrected chi connectivity index (χ4v) is 4.42. The standard InChI is InChI=1S/C23H30N6O2/c1-4-24-19(30)12-16-8-10-17(11-9-16)26-21-20-18(13-25-22(20)31)27-23(28-21)29-14(2)6-5-7-15(29)3/h8-11,14-15H,4-7,12-13H2,1-3H3,(H,24,30)(H,25,31)(H,26,27,28)/t14-,15+. The summed E-state index contributed by atoms with van der Waals surface area (Å²) in [6.07, 6.45) is 3.77. The second-order valence-corrected chi connectivity index (χ2v) is 8.37. The maximum absolute atomic E-state index is 12.4. The predicted molar refractivity (Wildman–Crippen MR) is 121 cm³/mol. The molecule has 164 valence electrons. The molecule has 0 aliphatic carbocycles. The van der Waals surface area contributed by atoms with E-state index in [-0.39, 0.29) is 11.8 Å². The molecule has 2 atom stereocenters. The number of carbonyl (C=O) groups is 2. The molecule has 2 aromatic rings. The number of aromatic nitrogens is 2. The Balaban J connectivity index is 1.61. The number of rotatable bonds is 6. The van der Waals surface area contributed by atoms with Crippen molar-refractivity contribution in [1.82, 2.24) is 20.6 Å². The molecule has 1 fully saturated rings. The maximum Gasteiger partial charge on any atom is 0.257 e. The number of likely N-dealkylation sites (N-methyl/N-ethyl adjacent to an activating group) is 1. The highest BCUT2D eigenvalue weighted by Crippen LogP contribution is 2.31. The summed E-state index contributed by atoms with van der Waals surface area (Å²) >= 11 is 0. The summed E-state index contributed by atoms with van der Waals surface area (Å²) in [7, 11) is 0. The number of fused-ring (bicyclic) bond motifs is 1. The van der Waals surface area contributed by atoms with Gasteiger partial charge in [-0.1, -0.05) is 12.1 Å². The van der Waals surface area contributed by atoms with Gasteiger partial charge in [0.15, 0.2) is 0 Å². The molecule has 2 amide bonds. The van der Waals surface area contributed by atoms with Crippen LogP contribution in [0.3, 0.4) is 0 Å². The molecule has 0 radical (unpaired) electrons. The summed E-state index contributed by atoms with van der Waals surface area (Å²) in [5.41, 5.74) is 2.98. The first-order valence-corrected chi connectivity index (χ1v) is 11.1. The van der Waals surface area contributed by atoms with Crippen molar-refractivity contribution in [2.45, 2.75) is 65.1 Å². The van der Waals surface area contributed by atoms with Gasteiger partial charge >= 0.3 is 0 Å². The molecule has 1 saturated heterocycles. The minimum Gasteiger partial charge on any atom is -0.356 e. The first kappa shape index (κ1) is 21.1. The Bertz CT molecular complexity index is 965. The van der Waals surface area contributed by atoms with Crippen LogP contribution in [-0.4, -0.2) is 40.4 Å². The molecule has 0 spiro atoms. The summed E-state index contributed by atoms with van der Waals surface area (Å²) in [5.74, 6) is 1.04. The lowest BCUT2D eigenvalue weighted by molar-refractivity contribution is -0.120. The Morgan fingerprint density at radius 3 is 2.55 bits per heavy atom. The number of hydrogen-bond donors (Lipinski definition) is 3. The number of amides is 2. The molecule has 0 unspecified atom stereocenters. The maximum atomic E-state index is 12.4. The molecule has 0 saturated carbocycles. The molecule has 1 aromatic heterocycles. The molecule has 8 heteroatoms. The SMILES string of the molecule is CCNC(=O)Cc1ccc(Nc2nc(N3[C@H](C)CCC[C@@H]3C)nc3c2C(=O)NC3)cc1. The van der Waals surface area contributed by atoms with Gasteiger partial charge in [0.05, 0.1) is 18.7 Å². The van der Waals surface area contributed by atoms with E-state index in [1.54, 1.807) is 0 Å². The normalized spacial score (nSPS) is 20.2. The van der Waals surface area contributed by atoms with E-state index < -0.39 is 0 Å². The predicted octanol–water partition coefficient (Wildman–Crippen LogP) is 2.91. The van der Waals surface area contributed by atoms with Gasteiger partial charge in [0, 0.05) is 24.3 Å². The molecular weight excluding hydrogens is 392 g/mol. The lowest BCUT2D eigenvalue weighted by Crippen LogP contribution is -2.45. The average Bonchev–Trinajstić information content (AvgIpc) is 3.11. The van der Waals surface area contributed by atoms with E-state index in [0.29, 0.717) is 48.9 Å². The second kappa shape index (κ2) is 8.91. The third kappa shape index (κ3) is 4.47. The van der Waals surface area contributed by atoms with Gasteiger partial charge in [0.2, 0.25) is 11.9 Å². The van der Waals surface area contributed by atoms with Gasteiger partial charge in [-0.05, 0) is 57.7 Å².